The maximum absolute atomic E-state index is 10.8. The van der Waals surface area contributed by atoms with Crippen LogP contribution >= 0.6 is 0 Å². The van der Waals surface area contributed by atoms with Gasteiger partial charge in [0.15, 0.2) is 0 Å². The molecule has 0 atom stereocenters. The fraction of sp³-hybridized carbons (Fsp3) is 0.500. The van der Waals surface area contributed by atoms with E-state index in [0.717, 1.165) is 19.3 Å². The van der Waals surface area contributed by atoms with Crippen molar-refractivity contribution in [2.75, 3.05) is 0 Å². The molecule has 0 aromatic heterocycles. The molecule has 0 saturated carbocycles. The first-order valence-corrected chi connectivity index (χ1v) is 5.93. The minimum absolute atomic E-state index is 0.205. The van der Waals surface area contributed by atoms with Gasteiger partial charge in [-0.15, -0.1) is 0 Å². The predicted molar refractivity (Wildman–Crippen MR) is 66.0 cm³/mol. The summed E-state index contributed by atoms with van der Waals surface area (Å²) in [4.78, 5) is 10.8. The topological polar surface area (TPSA) is 37.3 Å². The normalized spacial score (nSPS) is 11.4. The molecule has 2 heteroatoms. The highest BCUT2D eigenvalue weighted by molar-refractivity contribution is 5.87. The van der Waals surface area contributed by atoms with E-state index in [1.54, 1.807) is 12.1 Å². The molecule has 1 N–H and O–H groups in total. The van der Waals surface area contributed by atoms with E-state index in [4.69, 9.17) is 5.11 Å². The van der Waals surface area contributed by atoms with Crippen molar-refractivity contribution in [3.05, 3.63) is 35.4 Å². The van der Waals surface area contributed by atoms with Gasteiger partial charge in [-0.05, 0) is 42.4 Å². The van der Waals surface area contributed by atoms with Crippen molar-refractivity contribution in [1.82, 2.24) is 0 Å². The molecule has 0 amide bonds. The van der Waals surface area contributed by atoms with Crippen LogP contribution < -0.4 is 0 Å². The summed E-state index contributed by atoms with van der Waals surface area (Å²) in [6, 6.07) is 7.32. The Morgan fingerprint density at radius 1 is 1.06 bits per heavy atom. The fourth-order valence-corrected chi connectivity index (χ4v) is 2.33. The molecule has 0 bridgehead atoms. The molecule has 1 rings (SSSR count). The van der Waals surface area contributed by atoms with Gasteiger partial charge in [-0.1, -0.05) is 32.9 Å². The maximum atomic E-state index is 10.8. The Hall–Kier alpha value is -1.31. The molecule has 0 fully saturated rings. The van der Waals surface area contributed by atoms with E-state index in [1.807, 2.05) is 12.1 Å². The SMILES string of the molecule is CCC(CC)(CC)c1ccc(C(=O)O)cc1. The average Bonchev–Trinajstić information content (AvgIpc) is 2.33. The number of aromatic carboxylic acids is 1. The van der Waals surface area contributed by atoms with Crippen LogP contribution in [0, 0.1) is 0 Å². The third-order valence-electron chi connectivity index (χ3n) is 3.77. The zero-order valence-corrected chi connectivity index (χ0v) is 10.3. The van der Waals surface area contributed by atoms with Gasteiger partial charge in [0.05, 0.1) is 5.56 Å². The van der Waals surface area contributed by atoms with Crippen molar-refractivity contribution in [3.8, 4) is 0 Å². The largest absolute Gasteiger partial charge is 0.478 e. The van der Waals surface area contributed by atoms with Crippen LogP contribution in [0.4, 0.5) is 0 Å². The van der Waals surface area contributed by atoms with Crippen LogP contribution in [0.5, 0.6) is 0 Å². The summed E-state index contributed by atoms with van der Waals surface area (Å²) < 4.78 is 0. The maximum Gasteiger partial charge on any atom is 0.335 e. The van der Waals surface area contributed by atoms with E-state index >= 15 is 0 Å². The van der Waals surface area contributed by atoms with Crippen molar-refractivity contribution in [1.29, 1.82) is 0 Å². The summed E-state index contributed by atoms with van der Waals surface area (Å²) >= 11 is 0. The summed E-state index contributed by atoms with van der Waals surface area (Å²) in [5.74, 6) is -0.860. The number of carboxylic acid groups (broad SMARTS) is 1. The van der Waals surface area contributed by atoms with E-state index in [1.165, 1.54) is 5.56 Å². The number of hydrogen-bond donors (Lipinski definition) is 1. The van der Waals surface area contributed by atoms with Gasteiger partial charge in [0.2, 0.25) is 0 Å². The van der Waals surface area contributed by atoms with Gasteiger partial charge >= 0.3 is 5.97 Å². The minimum Gasteiger partial charge on any atom is -0.478 e. The van der Waals surface area contributed by atoms with Crippen molar-refractivity contribution < 1.29 is 9.90 Å². The molecule has 0 saturated heterocycles. The molecule has 0 spiro atoms. The Labute approximate surface area is 97.3 Å². The van der Waals surface area contributed by atoms with Gasteiger partial charge in [0, 0.05) is 0 Å². The number of carboxylic acids is 1. The highest BCUT2D eigenvalue weighted by Crippen LogP contribution is 2.34. The Kier molecular flexibility index (Phi) is 4.11. The standard InChI is InChI=1S/C14H20O2/c1-4-14(5-2,6-3)12-9-7-11(8-10-12)13(15)16/h7-10H,4-6H2,1-3H3,(H,15,16). The van der Waals surface area contributed by atoms with Crippen LogP contribution in [0.15, 0.2) is 24.3 Å². The second-order valence-electron chi connectivity index (χ2n) is 4.22. The van der Waals surface area contributed by atoms with Crippen LogP contribution in [0.1, 0.15) is 56.0 Å². The monoisotopic (exact) mass is 220 g/mol. The summed E-state index contributed by atoms with van der Waals surface area (Å²) in [6.07, 6.45) is 3.27. The second kappa shape index (κ2) is 5.15. The van der Waals surface area contributed by atoms with E-state index in [2.05, 4.69) is 20.8 Å². The van der Waals surface area contributed by atoms with E-state index in [9.17, 15) is 4.79 Å². The molecule has 0 aliphatic heterocycles. The second-order valence-corrected chi connectivity index (χ2v) is 4.22. The molecule has 0 heterocycles. The summed E-state index contributed by atoms with van der Waals surface area (Å²) in [5.41, 5.74) is 1.82. The van der Waals surface area contributed by atoms with Gasteiger partial charge in [-0.25, -0.2) is 4.79 Å². The lowest BCUT2D eigenvalue weighted by atomic mass is 9.74. The van der Waals surface area contributed by atoms with E-state index < -0.39 is 5.97 Å². The summed E-state index contributed by atoms with van der Waals surface area (Å²) in [6.45, 7) is 6.58. The molecule has 16 heavy (non-hydrogen) atoms. The number of benzene rings is 1. The Bertz CT molecular complexity index is 339. The first-order chi connectivity index (χ1) is 7.59. The van der Waals surface area contributed by atoms with Crippen molar-refractivity contribution in [3.63, 3.8) is 0 Å². The minimum atomic E-state index is -0.860. The molecule has 0 radical (unpaired) electrons. The van der Waals surface area contributed by atoms with Crippen molar-refractivity contribution in [2.24, 2.45) is 0 Å². The molecule has 1 aromatic rings. The highest BCUT2D eigenvalue weighted by atomic mass is 16.4. The quantitative estimate of drug-likeness (QED) is 0.818. The summed E-state index contributed by atoms with van der Waals surface area (Å²) in [5, 5.41) is 8.85. The third kappa shape index (κ3) is 2.26. The zero-order chi connectivity index (χ0) is 12.2. The Balaban J connectivity index is 3.08. The van der Waals surface area contributed by atoms with E-state index in [0.29, 0.717) is 5.56 Å². The molecule has 0 unspecified atom stereocenters. The Morgan fingerprint density at radius 3 is 1.81 bits per heavy atom. The zero-order valence-electron chi connectivity index (χ0n) is 10.3. The molecule has 1 aromatic carbocycles. The van der Waals surface area contributed by atoms with Crippen LogP contribution in [-0.2, 0) is 5.41 Å². The smallest absolute Gasteiger partial charge is 0.335 e. The van der Waals surface area contributed by atoms with Gasteiger partial charge in [-0.2, -0.15) is 0 Å². The molecular formula is C14H20O2. The molecular weight excluding hydrogens is 200 g/mol. The molecule has 0 aliphatic carbocycles. The summed E-state index contributed by atoms with van der Waals surface area (Å²) in [7, 11) is 0. The lowest BCUT2D eigenvalue weighted by molar-refractivity contribution is 0.0697. The van der Waals surface area contributed by atoms with Crippen molar-refractivity contribution >= 4 is 5.97 Å². The molecule has 2 nitrogen and oxygen atoms in total. The van der Waals surface area contributed by atoms with Crippen LogP contribution in [0.25, 0.3) is 0 Å². The number of hydrogen-bond acceptors (Lipinski definition) is 1. The average molecular weight is 220 g/mol. The Morgan fingerprint density at radius 2 is 1.50 bits per heavy atom. The van der Waals surface area contributed by atoms with Crippen LogP contribution in [0.3, 0.4) is 0 Å². The molecule has 0 aliphatic rings. The third-order valence-corrected chi connectivity index (χ3v) is 3.77. The van der Waals surface area contributed by atoms with Crippen molar-refractivity contribution in [2.45, 2.75) is 45.4 Å². The van der Waals surface area contributed by atoms with Crippen LogP contribution in [0.2, 0.25) is 0 Å². The van der Waals surface area contributed by atoms with Gasteiger partial charge in [0.25, 0.3) is 0 Å². The lowest BCUT2D eigenvalue weighted by Gasteiger charge is -2.31. The first kappa shape index (κ1) is 12.8. The highest BCUT2D eigenvalue weighted by Gasteiger charge is 2.26. The van der Waals surface area contributed by atoms with Crippen LogP contribution in [-0.4, -0.2) is 11.1 Å². The number of rotatable bonds is 5. The van der Waals surface area contributed by atoms with Gasteiger partial charge < -0.3 is 5.11 Å². The predicted octanol–water partition coefficient (Wildman–Crippen LogP) is 3.85. The van der Waals surface area contributed by atoms with Gasteiger partial charge in [-0.3, -0.25) is 0 Å². The first-order valence-electron chi connectivity index (χ1n) is 5.93. The van der Waals surface area contributed by atoms with E-state index in [-0.39, 0.29) is 5.41 Å². The fourth-order valence-electron chi connectivity index (χ4n) is 2.33. The number of carbonyl (C=O) groups is 1. The lowest BCUT2D eigenvalue weighted by Crippen LogP contribution is -2.23. The molecule has 88 valence electrons. The van der Waals surface area contributed by atoms with Gasteiger partial charge in [0.1, 0.15) is 0 Å².